The third kappa shape index (κ3) is 3.96. The quantitative estimate of drug-likeness (QED) is 0.889. The zero-order valence-electron chi connectivity index (χ0n) is 10.9. The Bertz CT molecular complexity index is 441. The molecule has 3 nitrogen and oxygen atoms in total. The Morgan fingerprint density at radius 2 is 2.05 bits per heavy atom. The molecule has 20 heavy (non-hydrogen) atoms. The van der Waals surface area contributed by atoms with Crippen LogP contribution in [-0.4, -0.2) is 30.7 Å². The molecule has 0 saturated carbocycles. The van der Waals surface area contributed by atoms with E-state index in [1.807, 2.05) is 0 Å². The number of carbonyl (C=O) groups is 1. The topological polar surface area (TPSA) is 41.1 Å². The molecule has 1 aromatic carbocycles. The van der Waals surface area contributed by atoms with Crippen molar-refractivity contribution in [2.24, 2.45) is 0 Å². The lowest BCUT2D eigenvalue weighted by atomic mass is 10.0. The van der Waals surface area contributed by atoms with E-state index >= 15 is 0 Å². The highest BCUT2D eigenvalue weighted by molar-refractivity contribution is 5.82. The van der Waals surface area contributed by atoms with Gasteiger partial charge in [-0.05, 0) is 24.9 Å². The van der Waals surface area contributed by atoms with Gasteiger partial charge in [-0.15, -0.1) is 0 Å². The van der Waals surface area contributed by atoms with Crippen molar-refractivity contribution in [3.63, 3.8) is 0 Å². The van der Waals surface area contributed by atoms with Crippen LogP contribution >= 0.6 is 0 Å². The summed E-state index contributed by atoms with van der Waals surface area (Å²) in [6, 6.07) is 6.01. The summed E-state index contributed by atoms with van der Waals surface area (Å²) in [7, 11) is 0. The van der Waals surface area contributed by atoms with Gasteiger partial charge in [-0.25, -0.2) is 0 Å². The Kier molecular flexibility index (Phi) is 4.65. The van der Waals surface area contributed by atoms with Gasteiger partial charge in [0.05, 0.1) is 6.04 Å². The maximum Gasteiger partial charge on any atom is 0.408 e. The summed E-state index contributed by atoms with van der Waals surface area (Å²) in [4.78, 5) is 11.8. The fourth-order valence-electron chi connectivity index (χ4n) is 2.28. The van der Waals surface area contributed by atoms with Crippen LogP contribution in [0, 0.1) is 0 Å². The van der Waals surface area contributed by atoms with Gasteiger partial charge in [0, 0.05) is 6.42 Å². The van der Waals surface area contributed by atoms with E-state index in [9.17, 15) is 18.0 Å². The zero-order valence-corrected chi connectivity index (χ0v) is 10.9. The predicted molar refractivity (Wildman–Crippen MR) is 69.2 cm³/mol. The first-order valence-electron chi connectivity index (χ1n) is 6.61. The molecule has 0 spiro atoms. The Hall–Kier alpha value is -1.56. The van der Waals surface area contributed by atoms with E-state index in [0.717, 1.165) is 6.42 Å². The van der Waals surface area contributed by atoms with Crippen LogP contribution in [-0.2, 0) is 11.2 Å². The van der Waals surface area contributed by atoms with Crippen LogP contribution in [0.4, 0.5) is 13.2 Å². The average molecular weight is 286 g/mol. The Balaban J connectivity index is 2.02. The third-order valence-corrected chi connectivity index (χ3v) is 3.37. The minimum absolute atomic E-state index is 0.247. The van der Waals surface area contributed by atoms with Gasteiger partial charge in [-0.1, -0.05) is 30.3 Å². The Morgan fingerprint density at radius 1 is 1.35 bits per heavy atom. The smallest absolute Gasteiger partial charge is 0.343 e. The summed E-state index contributed by atoms with van der Waals surface area (Å²) in [6.45, 7) is 0.674. The minimum atomic E-state index is -4.45. The first-order valence-corrected chi connectivity index (χ1v) is 6.61. The standard InChI is InChI=1S/C14H17F3N2O/c15-14(16,17)12(9-10-5-2-1-3-6-10)19-13(20)11-7-4-8-18-11/h1-3,5-6,11-12,18H,4,7-9H2,(H,19,20). The molecule has 1 aliphatic heterocycles. The van der Waals surface area contributed by atoms with E-state index in [2.05, 4.69) is 10.6 Å². The minimum Gasteiger partial charge on any atom is -0.343 e. The lowest BCUT2D eigenvalue weighted by Crippen LogP contribution is -2.51. The molecule has 0 radical (unpaired) electrons. The van der Waals surface area contributed by atoms with Crippen molar-refractivity contribution in [1.82, 2.24) is 10.6 Å². The van der Waals surface area contributed by atoms with E-state index < -0.39 is 24.2 Å². The summed E-state index contributed by atoms with van der Waals surface area (Å²) in [5, 5.41) is 5.02. The van der Waals surface area contributed by atoms with E-state index in [1.165, 1.54) is 0 Å². The number of nitrogens with one attached hydrogen (secondary N) is 2. The maximum absolute atomic E-state index is 13.0. The van der Waals surface area contributed by atoms with Gasteiger partial charge in [0.2, 0.25) is 5.91 Å². The largest absolute Gasteiger partial charge is 0.408 e. The Labute approximate surface area is 115 Å². The normalized spacial score (nSPS) is 20.6. The van der Waals surface area contributed by atoms with Gasteiger partial charge in [-0.2, -0.15) is 13.2 Å². The lowest BCUT2D eigenvalue weighted by molar-refractivity contribution is -0.162. The van der Waals surface area contributed by atoms with E-state index in [4.69, 9.17) is 0 Å². The third-order valence-electron chi connectivity index (χ3n) is 3.37. The number of benzene rings is 1. The van der Waals surface area contributed by atoms with Crippen LogP contribution in [0.3, 0.4) is 0 Å². The molecule has 1 aliphatic rings. The summed E-state index contributed by atoms with van der Waals surface area (Å²) in [5.41, 5.74) is 0.550. The molecule has 0 aliphatic carbocycles. The second-order valence-electron chi connectivity index (χ2n) is 4.94. The van der Waals surface area contributed by atoms with Crippen LogP contribution in [0.25, 0.3) is 0 Å². The molecule has 1 amide bonds. The van der Waals surface area contributed by atoms with Crippen LogP contribution in [0.1, 0.15) is 18.4 Å². The van der Waals surface area contributed by atoms with Crippen molar-refractivity contribution in [3.05, 3.63) is 35.9 Å². The second kappa shape index (κ2) is 6.26. The monoisotopic (exact) mass is 286 g/mol. The molecule has 2 N–H and O–H groups in total. The molecular formula is C14H17F3N2O. The van der Waals surface area contributed by atoms with Crippen LogP contribution in [0.5, 0.6) is 0 Å². The predicted octanol–water partition coefficient (Wildman–Crippen LogP) is 2.03. The molecule has 0 aromatic heterocycles. The van der Waals surface area contributed by atoms with Gasteiger partial charge in [0.1, 0.15) is 6.04 Å². The molecule has 2 atom stereocenters. The second-order valence-corrected chi connectivity index (χ2v) is 4.94. The highest BCUT2D eigenvalue weighted by Gasteiger charge is 2.41. The average Bonchev–Trinajstić information content (AvgIpc) is 2.92. The number of alkyl halides is 3. The summed E-state index contributed by atoms with van der Waals surface area (Å²) in [6.07, 6.45) is -3.30. The molecule has 1 aromatic rings. The molecule has 1 fully saturated rings. The Morgan fingerprint density at radius 3 is 2.60 bits per heavy atom. The molecule has 110 valence electrons. The SMILES string of the molecule is O=C(NC(Cc1ccccc1)C(F)(F)F)C1CCCN1. The first kappa shape index (κ1) is 14.8. The highest BCUT2D eigenvalue weighted by atomic mass is 19.4. The first-order chi connectivity index (χ1) is 9.47. The van der Waals surface area contributed by atoms with Crippen LogP contribution in [0.2, 0.25) is 0 Å². The van der Waals surface area contributed by atoms with Gasteiger partial charge in [-0.3, -0.25) is 4.79 Å². The molecule has 1 saturated heterocycles. The maximum atomic E-state index is 13.0. The van der Waals surface area contributed by atoms with Crippen molar-refractivity contribution in [2.75, 3.05) is 6.54 Å². The fourth-order valence-corrected chi connectivity index (χ4v) is 2.28. The number of hydrogen-bond donors (Lipinski definition) is 2. The van der Waals surface area contributed by atoms with Gasteiger partial charge >= 0.3 is 6.18 Å². The van der Waals surface area contributed by atoms with Crippen molar-refractivity contribution < 1.29 is 18.0 Å². The number of amides is 1. The molecule has 6 heteroatoms. The summed E-state index contributed by atoms with van der Waals surface area (Å²) in [5.74, 6) is -0.569. The van der Waals surface area contributed by atoms with Crippen molar-refractivity contribution in [2.45, 2.75) is 37.5 Å². The van der Waals surface area contributed by atoms with Gasteiger partial charge < -0.3 is 10.6 Å². The molecule has 2 rings (SSSR count). The summed E-state index contributed by atoms with van der Waals surface area (Å²) < 4.78 is 39.1. The number of rotatable bonds is 4. The van der Waals surface area contributed by atoms with Crippen molar-refractivity contribution >= 4 is 5.91 Å². The molecular weight excluding hydrogens is 269 g/mol. The highest BCUT2D eigenvalue weighted by Crippen LogP contribution is 2.23. The fraction of sp³-hybridized carbons (Fsp3) is 0.500. The number of hydrogen-bond acceptors (Lipinski definition) is 2. The van der Waals surface area contributed by atoms with E-state index in [1.54, 1.807) is 30.3 Å². The van der Waals surface area contributed by atoms with Crippen LogP contribution < -0.4 is 10.6 Å². The molecule has 0 bridgehead atoms. The van der Waals surface area contributed by atoms with Crippen molar-refractivity contribution in [3.8, 4) is 0 Å². The summed E-state index contributed by atoms with van der Waals surface area (Å²) >= 11 is 0. The van der Waals surface area contributed by atoms with Gasteiger partial charge in [0.25, 0.3) is 0 Å². The van der Waals surface area contributed by atoms with E-state index in [-0.39, 0.29) is 6.42 Å². The van der Waals surface area contributed by atoms with Crippen LogP contribution in [0.15, 0.2) is 30.3 Å². The van der Waals surface area contributed by atoms with E-state index in [0.29, 0.717) is 18.5 Å². The van der Waals surface area contributed by atoms with Crippen molar-refractivity contribution in [1.29, 1.82) is 0 Å². The number of carbonyl (C=O) groups excluding carboxylic acids is 1. The zero-order chi connectivity index (χ0) is 14.6. The number of halogens is 3. The molecule has 1 heterocycles. The lowest BCUT2D eigenvalue weighted by Gasteiger charge is -2.23. The van der Waals surface area contributed by atoms with Gasteiger partial charge in [0.15, 0.2) is 0 Å². The molecule has 2 unspecified atom stereocenters.